The number of aromatic nitrogens is 1. The van der Waals surface area contributed by atoms with Gasteiger partial charge in [-0.25, -0.2) is 0 Å². The van der Waals surface area contributed by atoms with Gasteiger partial charge in [0.05, 0.1) is 24.4 Å². The van der Waals surface area contributed by atoms with Crippen molar-refractivity contribution in [2.75, 3.05) is 7.11 Å². The molecule has 1 unspecified atom stereocenters. The number of aliphatic hydroxyl groups is 1. The molecule has 1 aliphatic rings. The normalized spacial score (nSPS) is 20.9. The zero-order chi connectivity index (χ0) is 16.9. The summed E-state index contributed by atoms with van der Waals surface area (Å²) in [6.45, 7) is 0.472. The number of hydrogen-bond acceptors (Lipinski definition) is 4. The molecule has 0 radical (unpaired) electrons. The zero-order valence-corrected chi connectivity index (χ0v) is 13.7. The Hall–Kier alpha value is -2.24. The van der Waals surface area contributed by atoms with E-state index in [1.165, 1.54) is 0 Å². The van der Waals surface area contributed by atoms with Gasteiger partial charge in [-0.3, -0.25) is 9.78 Å². The number of hydrogen-bond donors (Lipinski definition) is 2. The highest BCUT2D eigenvalue weighted by atomic mass is 16.5. The lowest BCUT2D eigenvalue weighted by Gasteiger charge is -2.37. The number of benzene rings is 1. The Morgan fingerprint density at radius 1 is 1.33 bits per heavy atom. The van der Waals surface area contributed by atoms with E-state index in [-0.39, 0.29) is 24.0 Å². The van der Waals surface area contributed by atoms with E-state index >= 15 is 0 Å². The van der Waals surface area contributed by atoms with Gasteiger partial charge < -0.3 is 15.2 Å². The Morgan fingerprint density at radius 2 is 2.17 bits per heavy atom. The van der Waals surface area contributed by atoms with Crippen LogP contribution in [0.3, 0.4) is 0 Å². The van der Waals surface area contributed by atoms with Gasteiger partial charge in [0.1, 0.15) is 0 Å². The minimum atomic E-state index is -0.275. The molecule has 1 fully saturated rings. The van der Waals surface area contributed by atoms with Crippen LogP contribution in [0.2, 0.25) is 0 Å². The second-order valence-electron chi connectivity index (χ2n) is 6.22. The van der Waals surface area contributed by atoms with Crippen molar-refractivity contribution in [3.8, 4) is 0 Å². The highest BCUT2D eigenvalue weighted by molar-refractivity contribution is 5.94. The van der Waals surface area contributed by atoms with Crippen molar-refractivity contribution in [2.45, 2.75) is 31.6 Å². The third-order valence-electron chi connectivity index (χ3n) is 4.41. The second-order valence-corrected chi connectivity index (χ2v) is 6.22. The topological polar surface area (TPSA) is 71.5 Å². The number of aliphatic hydroxyl groups excluding tert-OH is 1. The third kappa shape index (κ3) is 3.80. The second kappa shape index (κ2) is 7.55. The average Bonchev–Trinajstić information content (AvgIpc) is 2.58. The van der Waals surface area contributed by atoms with Crippen molar-refractivity contribution in [3.05, 3.63) is 65.5 Å². The summed E-state index contributed by atoms with van der Waals surface area (Å²) < 4.78 is 5.12. The molecule has 0 bridgehead atoms. The van der Waals surface area contributed by atoms with Crippen LogP contribution in [0.4, 0.5) is 0 Å². The SMILES string of the molecule is COCc1cccc(C(=O)NC(c2ccccn2)C2CC(O)C2)c1. The van der Waals surface area contributed by atoms with E-state index in [0.717, 1.165) is 11.3 Å². The van der Waals surface area contributed by atoms with Crippen molar-refractivity contribution in [1.82, 2.24) is 10.3 Å². The Labute approximate surface area is 141 Å². The molecular weight excluding hydrogens is 304 g/mol. The van der Waals surface area contributed by atoms with E-state index < -0.39 is 0 Å². The van der Waals surface area contributed by atoms with Crippen LogP contribution >= 0.6 is 0 Å². The Kier molecular flexibility index (Phi) is 5.23. The molecule has 1 saturated carbocycles. The number of ether oxygens (including phenoxy) is 1. The van der Waals surface area contributed by atoms with Crippen molar-refractivity contribution >= 4 is 5.91 Å². The predicted octanol–water partition coefficient (Wildman–Crippen LogP) is 2.47. The van der Waals surface area contributed by atoms with E-state index in [0.29, 0.717) is 25.0 Å². The predicted molar refractivity (Wildman–Crippen MR) is 90.3 cm³/mol. The molecule has 5 nitrogen and oxygen atoms in total. The van der Waals surface area contributed by atoms with Gasteiger partial charge in [-0.05, 0) is 48.6 Å². The first-order chi connectivity index (χ1) is 11.7. The molecule has 1 amide bonds. The van der Waals surface area contributed by atoms with Crippen LogP contribution in [0.1, 0.15) is 40.5 Å². The molecule has 5 heteroatoms. The fourth-order valence-electron chi connectivity index (χ4n) is 3.09. The van der Waals surface area contributed by atoms with Gasteiger partial charge in [0.15, 0.2) is 0 Å². The monoisotopic (exact) mass is 326 g/mol. The quantitative estimate of drug-likeness (QED) is 0.855. The van der Waals surface area contributed by atoms with Crippen LogP contribution in [0.25, 0.3) is 0 Å². The van der Waals surface area contributed by atoms with E-state index in [9.17, 15) is 9.90 Å². The highest BCUT2D eigenvalue weighted by Crippen LogP contribution is 2.37. The number of rotatable bonds is 6. The molecule has 0 aliphatic heterocycles. The van der Waals surface area contributed by atoms with Gasteiger partial charge in [0, 0.05) is 18.9 Å². The lowest BCUT2D eigenvalue weighted by atomic mass is 9.76. The van der Waals surface area contributed by atoms with Crippen molar-refractivity contribution in [3.63, 3.8) is 0 Å². The summed E-state index contributed by atoms with van der Waals surface area (Å²) in [7, 11) is 1.63. The summed E-state index contributed by atoms with van der Waals surface area (Å²) in [5.41, 5.74) is 2.39. The first-order valence-corrected chi connectivity index (χ1v) is 8.15. The molecule has 1 aromatic carbocycles. The van der Waals surface area contributed by atoms with Crippen LogP contribution in [-0.4, -0.2) is 29.2 Å². The molecule has 0 saturated heterocycles. The minimum Gasteiger partial charge on any atom is -0.393 e. The molecule has 1 aliphatic carbocycles. The number of amides is 1. The van der Waals surface area contributed by atoms with Crippen LogP contribution in [0.5, 0.6) is 0 Å². The van der Waals surface area contributed by atoms with Crippen LogP contribution in [0.15, 0.2) is 48.7 Å². The van der Waals surface area contributed by atoms with Crippen LogP contribution in [0, 0.1) is 5.92 Å². The zero-order valence-electron chi connectivity index (χ0n) is 13.7. The van der Waals surface area contributed by atoms with E-state index in [4.69, 9.17) is 4.74 Å². The van der Waals surface area contributed by atoms with Gasteiger partial charge >= 0.3 is 0 Å². The molecule has 1 heterocycles. The smallest absolute Gasteiger partial charge is 0.251 e. The molecular formula is C19H22N2O3. The Balaban J connectivity index is 1.77. The number of pyridine rings is 1. The van der Waals surface area contributed by atoms with Gasteiger partial charge in [-0.15, -0.1) is 0 Å². The standard InChI is InChI=1S/C19H22N2O3/c1-24-12-13-5-4-6-14(9-13)19(23)21-18(15-10-16(22)11-15)17-7-2-3-8-20-17/h2-9,15-16,18,22H,10-12H2,1H3,(H,21,23). The maximum absolute atomic E-state index is 12.7. The fraction of sp³-hybridized carbons (Fsp3) is 0.368. The number of methoxy groups -OCH3 is 1. The number of carbonyl (C=O) groups excluding carboxylic acids is 1. The minimum absolute atomic E-state index is 0.134. The highest BCUT2D eigenvalue weighted by Gasteiger charge is 2.36. The Bertz CT molecular complexity index is 684. The van der Waals surface area contributed by atoms with Crippen LogP contribution in [-0.2, 0) is 11.3 Å². The molecule has 3 rings (SSSR count). The van der Waals surface area contributed by atoms with E-state index in [1.807, 2.05) is 36.4 Å². The number of carbonyl (C=O) groups is 1. The summed E-state index contributed by atoms with van der Waals surface area (Å²) in [4.78, 5) is 17.1. The van der Waals surface area contributed by atoms with Gasteiger partial charge in [-0.2, -0.15) is 0 Å². The first kappa shape index (κ1) is 16.6. The molecule has 0 spiro atoms. The maximum atomic E-state index is 12.7. The van der Waals surface area contributed by atoms with Crippen molar-refractivity contribution < 1.29 is 14.6 Å². The summed E-state index contributed by atoms with van der Waals surface area (Å²) in [6, 6.07) is 12.9. The van der Waals surface area contributed by atoms with E-state index in [2.05, 4.69) is 10.3 Å². The molecule has 24 heavy (non-hydrogen) atoms. The lowest BCUT2D eigenvalue weighted by molar-refractivity contribution is 0.0228. The average molecular weight is 326 g/mol. The summed E-state index contributed by atoms with van der Waals surface area (Å²) in [6.07, 6.45) is 2.82. The van der Waals surface area contributed by atoms with Crippen LogP contribution < -0.4 is 5.32 Å². The lowest BCUT2D eigenvalue weighted by Crippen LogP contribution is -2.41. The Morgan fingerprint density at radius 3 is 2.83 bits per heavy atom. The summed E-state index contributed by atoms with van der Waals surface area (Å²) in [5, 5.41) is 12.7. The summed E-state index contributed by atoms with van der Waals surface area (Å²) >= 11 is 0. The molecule has 1 atom stereocenters. The fourth-order valence-corrected chi connectivity index (χ4v) is 3.09. The molecule has 2 N–H and O–H groups in total. The first-order valence-electron chi connectivity index (χ1n) is 8.15. The van der Waals surface area contributed by atoms with Gasteiger partial charge in [-0.1, -0.05) is 18.2 Å². The number of nitrogens with one attached hydrogen (secondary N) is 1. The molecule has 126 valence electrons. The van der Waals surface area contributed by atoms with Gasteiger partial charge in [0.2, 0.25) is 0 Å². The van der Waals surface area contributed by atoms with Crippen molar-refractivity contribution in [1.29, 1.82) is 0 Å². The largest absolute Gasteiger partial charge is 0.393 e. The summed E-state index contributed by atoms with van der Waals surface area (Å²) in [5.74, 6) is 0.0750. The maximum Gasteiger partial charge on any atom is 0.251 e. The van der Waals surface area contributed by atoms with Crippen molar-refractivity contribution in [2.24, 2.45) is 5.92 Å². The molecule has 1 aromatic heterocycles. The van der Waals surface area contributed by atoms with Gasteiger partial charge in [0.25, 0.3) is 5.91 Å². The third-order valence-corrected chi connectivity index (χ3v) is 4.41. The molecule has 2 aromatic rings. The van der Waals surface area contributed by atoms with E-state index in [1.54, 1.807) is 19.4 Å². The number of nitrogens with zero attached hydrogens (tertiary/aromatic N) is 1.